The molecule has 2 aromatic carbocycles. The minimum atomic E-state index is -0.597. The molecule has 1 unspecified atom stereocenters. The summed E-state index contributed by atoms with van der Waals surface area (Å²) in [6.07, 6.45) is 2.12. The number of methoxy groups -OCH3 is 1. The molecular formula is C26H30N2O5. The van der Waals surface area contributed by atoms with Gasteiger partial charge in [0.25, 0.3) is 0 Å². The molecule has 0 spiro atoms. The van der Waals surface area contributed by atoms with Crippen molar-refractivity contribution in [1.29, 1.82) is 0 Å². The fourth-order valence-corrected chi connectivity index (χ4v) is 4.88. The fourth-order valence-electron chi connectivity index (χ4n) is 4.88. The van der Waals surface area contributed by atoms with Gasteiger partial charge in [0.05, 0.1) is 7.11 Å². The van der Waals surface area contributed by atoms with Crippen molar-refractivity contribution in [2.24, 2.45) is 0 Å². The van der Waals surface area contributed by atoms with E-state index in [1.165, 1.54) is 5.69 Å². The molecule has 2 heterocycles. The lowest BCUT2D eigenvalue weighted by Crippen LogP contribution is -2.49. The maximum Gasteiger partial charge on any atom is 0.339 e. The lowest BCUT2D eigenvalue weighted by atomic mass is 10.1. The number of nitrogens with zero attached hydrogens (tertiary/aromatic N) is 2. The van der Waals surface area contributed by atoms with Crippen LogP contribution in [0.2, 0.25) is 0 Å². The summed E-state index contributed by atoms with van der Waals surface area (Å²) in [6.45, 7) is 4.35. The van der Waals surface area contributed by atoms with Crippen LogP contribution in [0.4, 0.5) is 5.69 Å². The predicted octanol–water partition coefficient (Wildman–Crippen LogP) is 2.85. The maximum absolute atomic E-state index is 12.2. The van der Waals surface area contributed by atoms with Crippen LogP contribution >= 0.6 is 0 Å². The molecule has 1 saturated heterocycles. The molecular weight excluding hydrogens is 420 g/mol. The molecule has 1 atom stereocenters. The highest BCUT2D eigenvalue weighted by atomic mass is 16.5. The van der Waals surface area contributed by atoms with Crippen LogP contribution in [-0.4, -0.2) is 62.6 Å². The van der Waals surface area contributed by atoms with Crippen LogP contribution < -0.4 is 20.0 Å². The molecule has 1 aromatic heterocycles. The number of ether oxygens (including phenoxy) is 2. The van der Waals surface area contributed by atoms with Gasteiger partial charge in [-0.15, -0.1) is 0 Å². The maximum atomic E-state index is 12.2. The van der Waals surface area contributed by atoms with E-state index in [1.807, 2.05) is 24.3 Å². The first-order valence-corrected chi connectivity index (χ1v) is 11.6. The molecule has 1 aliphatic heterocycles. The van der Waals surface area contributed by atoms with E-state index in [1.54, 1.807) is 13.2 Å². The molecule has 1 N–H and O–H groups in total. The first kappa shape index (κ1) is 21.8. The number of aryl methyl sites for hydroxylation is 1. The highest BCUT2D eigenvalue weighted by Crippen LogP contribution is 2.29. The molecule has 5 rings (SSSR count). The summed E-state index contributed by atoms with van der Waals surface area (Å²) in [4.78, 5) is 16.8. The lowest BCUT2D eigenvalue weighted by Gasteiger charge is -2.36. The Bertz CT molecular complexity index is 1170. The number of rotatable bonds is 7. The standard InChI is InChI=1S/C26H30N2O5/c1-31-20-7-5-18(6-8-20)28-13-11-27(12-14-28)16-19(29)17-32-21-9-10-23-22-3-2-4-24(22)26(30)33-25(23)15-21/h5-10,15,19,29H,2-4,11-14,16-17H2,1H3. The van der Waals surface area contributed by atoms with Gasteiger partial charge in [0.1, 0.15) is 29.8 Å². The minimum Gasteiger partial charge on any atom is -0.497 e. The molecule has 174 valence electrons. The van der Waals surface area contributed by atoms with Crippen molar-refractivity contribution in [2.45, 2.75) is 25.4 Å². The van der Waals surface area contributed by atoms with Gasteiger partial charge < -0.3 is 23.9 Å². The quantitative estimate of drug-likeness (QED) is 0.555. The summed E-state index contributed by atoms with van der Waals surface area (Å²) in [7, 11) is 1.67. The molecule has 7 nitrogen and oxygen atoms in total. The van der Waals surface area contributed by atoms with Crippen LogP contribution in [0.15, 0.2) is 51.7 Å². The predicted molar refractivity (Wildman–Crippen MR) is 128 cm³/mol. The number of hydrogen-bond acceptors (Lipinski definition) is 7. The molecule has 33 heavy (non-hydrogen) atoms. The van der Waals surface area contributed by atoms with Crippen LogP contribution in [0.1, 0.15) is 17.5 Å². The average molecular weight is 451 g/mol. The summed E-state index contributed by atoms with van der Waals surface area (Å²) in [5.74, 6) is 1.46. The molecule has 1 aliphatic carbocycles. The third kappa shape index (κ3) is 4.70. The molecule has 0 amide bonds. The van der Waals surface area contributed by atoms with E-state index < -0.39 is 6.10 Å². The van der Waals surface area contributed by atoms with Crippen molar-refractivity contribution < 1.29 is 19.0 Å². The number of fused-ring (bicyclic) bond motifs is 3. The first-order valence-electron chi connectivity index (χ1n) is 11.6. The number of β-amino-alcohol motifs (C(OH)–C–C–N with tert-alkyl or cyclic N) is 1. The SMILES string of the molecule is COc1ccc(N2CCN(CC(O)COc3ccc4c5c(c(=O)oc4c3)CCC5)CC2)cc1. The Kier molecular flexibility index (Phi) is 6.24. The van der Waals surface area contributed by atoms with Crippen LogP contribution in [0.3, 0.4) is 0 Å². The van der Waals surface area contributed by atoms with Gasteiger partial charge >= 0.3 is 5.63 Å². The summed E-state index contributed by atoms with van der Waals surface area (Å²) in [5, 5.41) is 11.5. The molecule has 3 aromatic rings. The van der Waals surface area contributed by atoms with Gasteiger partial charge in [-0.2, -0.15) is 0 Å². The molecule has 0 saturated carbocycles. The van der Waals surface area contributed by atoms with Gasteiger partial charge in [-0.3, -0.25) is 4.90 Å². The second kappa shape index (κ2) is 9.45. The number of aliphatic hydroxyl groups excluding tert-OH is 1. The number of aliphatic hydroxyl groups is 1. The van der Waals surface area contributed by atoms with Gasteiger partial charge in [-0.05, 0) is 61.2 Å². The number of anilines is 1. The van der Waals surface area contributed by atoms with Crippen LogP contribution in [0.25, 0.3) is 11.0 Å². The Morgan fingerprint density at radius 1 is 1.00 bits per heavy atom. The largest absolute Gasteiger partial charge is 0.497 e. The summed E-state index contributed by atoms with van der Waals surface area (Å²) < 4.78 is 16.6. The van der Waals surface area contributed by atoms with Crippen LogP contribution in [-0.2, 0) is 12.8 Å². The van der Waals surface area contributed by atoms with Gasteiger partial charge in [0, 0.05) is 55.4 Å². The topological polar surface area (TPSA) is 75.4 Å². The van der Waals surface area contributed by atoms with E-state index in [-0.39, 0.29) is 12.2 Å². The zero-order valence-corrected chi connectivity index (χ0v) is 19.0. The Morgan fingerprint density at radius 3 is 2.48 bits per heavy atom. The Labute approximate surface area is 193 Å². The minimum absolute atomic E-state index is 0.194. The third-order valence-electron chi connectivity index (χ3n) is 6.67. The van der Waals surface area contributed by atoms with E-state index in [0.29, 0.717) is 17.9 Å². The summed E-state index contributed by atoms with van der Waals surface area (Å²) >= 11 is 0. The average Bonchev–Trinajstić information content (AvgIpc) is 3.34. The molecule has 7 heteroatoms. The van der Waals surface area contributed by atoms with Gasteiger partial charge in [-0.25, -0.2) is 4.79 Å². The van der Waals surface area contributed by atoms with Crippen molar-refractivity contribution in [3.63, 3.8) is 0 Å². The van der Waals surface area contributed by atoms with E-state index in [2.05, 4.69) is 21.9 Å². The zero-order valence-electron chi connectivity index (χ0n) is 19.0. The Balaban J connectivity index is 1.13. The highest BCUT2D eigenvalue weighted by Gasteiger charge is 2.21. The smallest absolute Gasteiger partial charge is 0.339 e. The molecule has 2 aliphatic rings. The fraction of sp³-hybridized carbons (Fsp3) is 0.423. The normalized spacial score (nSPS) is 17.2. The van der Waals surface area contributed by atoms with E-state index in [4.69, 9.17) is 13.9 Å². The molecule has 1 fully saturated rings. The Morgan fingerprint density at radius 2 is 1.73 bits per heavy atom. The first-order chi connectivity index (χ1) is 16.1. The third-order valence-corrected chi connectivity index (χ3v) is 6.67. The van der Waals surface area contributed by atoms with Crippen molar-refractivity contribution in [3.05, 3.63) is 64.0 Å². The van der Waals surface area contributed by atoms with Gasteiger partial charge in [0.2, 0.25) is 0 Å². The number of benzene rings is 2. The molecule has 0 bridgehead atoms. The monoisotopic (exact) mass is 450 g/mol. The van der Waals surface area contributed by atoms with E-state index in [9.17, 15) is 9.90 Å². The van der Waals surface area contributed by atoms with E-state index in [0.717, 1.165) is 67.7 Å². The van der Waals surface area contributed by atoms with Crippen molar-refractivity contribution >= 4 is 16.7 Å². The van der Waals surface area contributed by atoms with Crippen LogP contribution in [0, 0.1) is 0 Å². The van der Waals surface area contributed by atoms with Gasteiger partial charge in [-0.1, -0.05) is 0 Å². The zero-order chi connectivity index (χ0) is 22.8. The lowest BCUT2D eigenvalue weighted by molar-refractivity contribution is 0.0663. The highest BCUT2D eigenvalue weighted by molar-refractivity contribution is 5.83. The second-order valence-electron chi connectivity index (χ2n) is 8.81. The van der Waals surface area contributed by atoms with Crippen molar-refractivity contribution in [3.8, 4) is 11.5 Å². The summed E-state index contributed by atoms with van der Waals surface area (Å²) in [6, 6.07) is 13.7. The Hall–Kier alpha value is -3.03. The van der Waals surface area contributed by atoms with Crippen LogP contribution in [0.5, 0.6) is 11.5 Å². The van der Waals surface area contributed by atoms with Gasteiger partial charge in [0.15, 0.2) is 0 Å². The summed E-state index contributed by atoms with van der Waals surface area (Å²) in [5.41, 5.74) is 3.44. The number of hydrogen-bond donors (Lipinski definition) is 1. The van der Waals surface area contributed by atoms with Crippen molar-refractivity contribution in [1.82, 2.24) is 4.90 Å². The van der Waals surface area contributed by atoms with Crippen molar-refractivity contribution in [2.75, 3.05) is 51.3 Å². The molecule has 0 radical (unpaired) electrons. The van der Waals surface area contributed by atoms with E-state index >= 15 is 0 Å². The second-order valence-corrected chi connectivity index (χ2v) is 8.81. The number of piperazine rings is 1.